The summed E-state index contributed by atoms with van der Waals surface area (Å²) < 4.78 is 9.01. The molecular formula is C21H20N4O4. The Morgan fingerprint density at radius 3 is 2.59 bits per heavy atom. The fourth-order valence-corrected chi connectivity index (χ4v) is 3.54. The van der Waals surface area contributed by atoms with Gasteiger partial charge in [0.2, 0.25) is 0 Å². The lowest BCUT2D eigenvalue weighted by atomic mass is 10.1. The number of nitrogens with zero attached hydrogens (tertiary/aromatic N) is 4. The Bertz CT molecular complexity index is 1340. The van der Waals surface area contributed by atoms with Crippen molar-refractivity contribution in [2.24, 2.45) is 0 Å². The third kappa shape index (κ3) is 3.02. The fourth-order valence-electron chi connectivity index (χ4n) is 3.54. The van der Waals surface area contributed by atoms with Crippen molar-refractivity contribution < 1.29 is 9.53 Å². The zero-order valence-corrected chi connectivity index (χ0v) is 16.2. The standard InChI is InChI=1S/C21H20N4O4/c1-3-24-20(27)18-19(22-13-23(18)12-17(26)29-4-2)25(21(24)28)16-11-7-9-14-8-5-6-10-15(14)16/h5-11,13H,3-4,12H2,1-2H3. The summed E-state index contributed by atoms with van der Waals surface area (Å²) in [5.74, 6) is -0.475. The number of rotatable bonds is 5. The summed E-state index contributed by atoms with van der Waals surface area (Å²) in [6, 6.07) is 13.3. The number of esters is 1. The van der Waals surface area contributed by atoms with Gasteiger partial charge in [-0.2, -0.15) is 0 Å². The molecule has 0 N–H and O–H groups in total. The first kappa shape index (κ1) is 18.7. The lowest BCUT2D eigenvalue weighted by molar-refractivity contribution is -0.143. The van der Waals surface area contributed by atoms with Gasteiger partial charge in [0, 0.05) is 11.9 Å². The van der Waals surface area contributed by atoms with Crippen LogP contribution in [0, 0.1) is 0 Å². The van der Waals surface area contributed by atoms with Crippen molar-refractivity contribution in [2.75, 3.05) is 6.61 Å². The SMILES string of the molecule is CCOC(=O)Cn1cnc2c1c(=O)n(CC)c(=O)n2-c1cccc2ccccc12. The van der Waals surface area contributed by atoms with Gasteiger partial charge in [0.15, 0.2) is 11.2 Å². The normalized spacial score (nSPS) is 11.2. The van der Waals surface area contributed by atoms with Crippen LogP contribution in [0.5, 0.6) is 0 Å². The third-order valence-corrected chi connectivity index (χ3v) is 4.83. The Balaban J connectivity index is 2.07. The molecule has 2 aromatic heterocycles. The molecule has 4 rings (SSSR count). The second-order valence-corrected chi connectivity index (χ2v) is 6.52. The number of carbonyl (C=O) groups is 1. The number of fused-ring (bicyclic) bond motifs is 2. The lowest BCUT2D eigenvalue weighted by Gasteiger charge is -2.13. The molecule has 4 aromatic rings. The van der Waals surface area contributed by atoms with Crippen LogP contribution in [-0.2, 0) is 22.6 Å². The first-order valence-corrected chi connectivity index (χ1v) is 9.41. The Morgan fingerprint density at radius 2 is 1.83 bits per heavy atom. The summed E-state index contributed by atoms with van der Waals surface area (Å²) in [5.41, 5.74) is 0.0768. The van der Waals surface area contributed by atoms with E-state index in [2.05, 4.69) is 4.98 Å². The van der Waals surface area contributed by atoms with Gasteiger partial charge >= 0.3 is 11.7 Å². The minimum atomic E-state index is -0.481. The maximum atomic E-state index is 13.2. The average molecular weight is 392 g/mol. The van der Waals surface area contributed by atoms with Crippen LogP contribution in [-0.4, -0.2) is 31.3 Å². The molecule has 0 unspecified atom stereocenters. The van der Waals surface area contributed by atoms with Crippen molar-refractivity contribution in [3.63, 3.8) is 0 Å². The molecule has 0 bridgehead atoms. The topological polar surface area (TPSA) is 88.1 Å². The molecule has 0 atom stereocenters. The van der Waals surface area contributed by atoms with Crippen LogP contribution in [0.1, 0.15) is 13.8 Å². The number of imidazole rings is 1. The summed E-state index contributed by atoms with van der Waals surface area (Å²) in [6.07, 6.45) is 1.39. The van der Waals surface area contributed by atoms with Crippen molar-refractivity contribution in [1.82, 2.24) is 18.7 Å². The number of ether oxygens (including phenoxy) is 1. The number of aromatic nitrogens is 4. The van der Waals surface area contributed by atoms with E-state index in [0.717, 1.165) is 15.3 Å². The van der Waals surface area contributed by atoms with E-state index < -0.39 is 17.2 Å². The molecule has 148 valence electrons. The van der Waals surface area contributed by atoms with Crippen molar-refractivity contribution in [1.29, 1.82) is 0 Å². The summed E-state index contributed by atoms with van der Waals surface area (Å²) >= 11 is 0. The molecule has 0 fully saturated rings. The highest BCUT2D eigenvalue weighted by molar-refractivity contribution is 5.91. The van der Waals surface area contributed by atoms with Gasteiger partial charge < -0.3 is 9.30 Å². The van der Waals surface area contributed by atoms with E-state index in [1.807, 2.05) is 42.5 Å². The molecule has 0 aliphatic rings. The van der Waals surface area contributed by atoms with E-state index in [-0.39, 0.29) is 30.9 Å². The van der Waals surface area contributed by atoms with E-state index in [1.165, 1.54) is 15.5 Å². The maximum absolute atomic E-state index is 13.2. The summed E-state index contributed by atoms with van der Waals surface area (Å²) in [4.78, 5) is 42.5. The molecule has 8 heteroatoms. The number of hydrogen-bond donors (Lipinski definition) is 0. The van der Waals surface area contributed by atoms with Crippen LogP contribution in [0.3, 0.4) is 0 Å². The molecule has 0 saturated carbocycles. The lowest BCUT2D eigenvalue weighted by Crippen LogP contribution is -2.39. The highest BCUT2D eigenvalue weighted by atomic mass is 16.5. The second kappa shape index (κ2) is 7.38. The molecule has 0 spiro atoms. The molecule has 29 heavy (non-hydrogen) atoms. The van der Waals surface area contributed by atoms with Crippen LogP contribution in [0.25, 0.3) is 27.6 Å². The quantitative estimate of drug-likeness (QED) is 0.485. The van der Waals surface area contributed by atoms with Crippen molar-refractivity contribution in [2.45, 2.75) is 26.9 Å². The molecule has 2 heterocycles. The molecule has 0 amide bonds. The minimum absolute atomic E-state index is 0.156. The zero-order valence-electron chi connectivity index (χ0n) is 16.2. The predicted molar refractivity (Wildman–Crippen MR) is 109 cm³/mol. The largest absolute Gasteiger partial charge is 0.465 e. The molecule has 0 saturated heterocycles. The first-order valence-electron chi connectivity index (χ1n) is 9.41. The van der Waals surface area contributed by atoms with E-state index in [9.17, 15) is 14.4 Å². The van der Waals surface area contributed by atoms with Crippen molar-refractivity contribution >= 4 is 27.9 Å². The zero-order chi connectivity index (χ0) is 20.5. The van der Waals surface area contributed by atoms with Gasteiger partial charge in [-0.1, -0.05) is 36.4 Å². The van der Waals surface area contributed by atoms with Gasteiger partial charge in [-0.3, -0.25) is 14.2 Å². The van der Waals surface area contributed by atoms with Gasteiger partial charge in [-0.25, -0.2) is 14.3 Å². The molecule has 0 aliphatic heterocycles. The smallest absolute Gasteiger partial charge is 0.337 e. The van der Waals surface area contributed by atoms with Gasteiger partial charge in [-0.05, 0) is 25.3 Å². The van der Waals surface area contributed by atoms with Gasteiger partial charge in [0.1, 0.15) is 6.54 Å². The molecule has 0 aliphatic carbocycles. The summed E-state index contributed by atoms with van der Waals surface area (Å²) in [6.45, 7) is 3.73. The van der Waals surface area contributed by atoms with E-state index >= 15 is 0 Å². The third-order valence-electron chi connectivity index (χ3n) is 4.83. The highest BCUT2D eigenvalue weighted by Crippen LogP contribution is 2.23. The number of hydrogen-bond acceptors (Lipinski definition) is 5. The molecule has 2 aromatic carbocycles. The number of benzene rings is 2. The Labute approximate surface area is 165 Å². The molecule has 8 nitrogen and oxygen atoms in total. The van der Waals surface area contributed by atoms with Crippen molar-refractivity contribution in [3.8, 4) is 5.69 Å². The van der Waals surface area contributed by atoms with Gasteiger partial charge in [-0.15, -0.1) is 0 Å². The molecular weight excluding hydrogens is 372 g/mol. The summed E-state index contributed by atoms with van der Waals surface area (Å²) in [5, 5.41) is 1.82. The maximum Gasteiger partial charge on any atom is 0.337 e. The Kier molecular flexibility index (Phi) is 4.75. The fraction of sp³-hybridized carbons (Fsp3) is 0.238. The van der Waals surface area contributed by atoms with Gasteiger partial charge in [0.05, 0.1) is 18.6 Å². The van der Waals surface area contributed by atoms with E-state index in [0.29, 0.717) is 5.69 Å². The number of carbonyl (C=O) groups excluding carboxylic acids is 1. The van der Waals surface area contributed by atoms with E-state index in [4.69, 9.17) is 4.74 Å². The first-order chi connectivity index (χ1) is 14.1. The highest BCUT2D eigenvalue weighted by Gasteiger charge is 2.20. The Morgan fingerprint density at radius 1 is 1.07 bits per heavy atom. The van der Waals surface area contributed by atoms with Crippen LogP contribution in [0.2, 0.25) is 0 Å². The van der Waals surface area contributed by atoms with Crippen molar-refractivity contribution in [3.05, 3.63) is 69.6 Å². The van der Waals surface area contributed by atoms with E-state index in [1.54, 1.807) is 13.8 Å². The predicted octanol–water partition coefficient (Wildman–Crippen LogP) is 2.09. The Hall–Kier alpha value is -3.68. The van der Waals surface area contributed by atoms with Crippen LogP contribution in [0.4, 0.5) is 0 Å². The monoisotopic (exact) mass is 392 g/mol. The van der Waals surface area contributed by atoms with Crippen LogP contribution < -0.4 is 11.2 Å². The van der Waals surface area contributed by atoms with Crippen LogP contribution in [0.15, 0.2) is 58.4 Å². The second-order valence-electron chi connectivity index (χ2n) is 6.52. The van der Waals surface area contributed by atoms with Crippen LogP contribution >= 0.6 is 0 Å². The van der Waals surface area contributed by atoms with Gasteiger partial charge in [0.25, 0.3) is 5.56 Å². The summed E-state index contributed by atoms with van der Waals surface area (Å²) in [7, 11) is 0. The average Bonchev–Trinajstić information content (AvgIpc) is 3.12. The molecule has 0 radical (unpaired) electrons. The minimum Gasteiger partial charge on any atom is -0.465 e.